The average Bonchev–Trinajstić information content (AvgIpc) is 3.28. The van der Waals surface area contributed by atoms with Gasteiger partial charge in [0, 0.05) is 33.0 Å². The Morgan fingerprint density at radius 1 is 1.30 bits per heavy atom. The molecule has 0 saturated carbocycles. The molecule has 0 bridgehead atoms. The largest absolute Gasteiger partial charge is 0.308 e. The highest BCUT2D eigenvalue weighted by molar-refractivity contribution is 14.1. The van der Waals surface area contributed by atoms with Crippen LogP contribution in [0.5, 0.6) is 0 Å². The molecule has 30 heavy (non-hydrogen) atoms. The van der Waals surface area contributed by atoms with E-state index >= 15 is 0 Å². The fourth-order valence-electron chi connectivity index (χ4n) is 3.75. The number of fused-ring (bicyclic) bond motifs is 1. The van der Waals surface area contributed by atoms with Crippen LogP contribution >= 0.6 is 34.2 Å². The Morgan fingerprint density at radius 2 is 2.13 bits per heavy atom. The number of aryl methyl sites for hydroxylation is 2. The number of aliphatic imine (C=N–C) groups is 1. The fraction of sp³-hybridized carbons (Fsp3) is 0.304. The molecule has 0 fully saturated rings. The van der Waals surface area contributed by atoms with Crippen LogP contribution in [0.25, 0.3) is 11.2 Å². The molecule has 152 valence electrons. The molecule has 0 spiro atoms. The van der Waals surface area contributed by atoms with Gasteiger partial charge in [-0.25, -0.2) is 9.97 Å². The molecule has 3 heterocycles. The summed E-state index contributed by atoms with van der Waals surface area (Å²) in [6.07, 6.45) is 8.45. The van der Waals surface area contributed by atoms with E-state index in [-0.39, 0.29) is 0 Å². The highest BCUT2D eigenvalue weighted by Crippen LogP contribution is 2.43. The number of halogens is 2. The number of benzene rings is 1. The SMILES string of the molecule is CCCCc1nc2c(C)ccnc2n1Cc1ccc(C2(C#N)N=CC=C2I)c(Cl)c1. The molecule has 1 atom stereocenters. The lowest BCUT2D eigenvalue weighted by Crippen LogP contribution is -2.20. The Hall–Kier alpha value is -2.24. The molecule has 7 heteroatoms. The zero-order chi connectivity index (χ0) is 21.3. The van der Waals surface area contributed by atoms with Crippen LogP contribution in [0.2, 0.25) is 5.02 Å². The van der Waals surface area contributed by atoms with Gasteiger partial charge < -0.3 is 4.57 Å². The number of allylic oxidation sites excluding steroid dienone is 1. The van der Waals surface area contributed by atoms with Crippen LogP contribution in [-0.4, -0.2) is 20.7 Å². The van der Waals surface area contributed by atoms with Crippen LogP contribution in [0.1, 0.15) is 42.3 Å². The number of unbranched alkanes of at least 4 members (excludes halogenated alkanes) is 1. The number of nitrogens with zero attached hydrogens (tertiary/aromatic N) is 5. The van der Waals surface area contributed by atoms with Gasteiger partial charge >= 0.3 is 0 Å². The summed E-state index contributed by atoms with van der Waals surface area (Å²) in [6, 6.07) is 10.2. The molecule has 4 rings (SSSR count). The quantitative estimate of drug-likeness (QED) is 0.373. The molecular weight excluding hydrogens is 509 g/mol. The van der Waals surface area contributed by atoms with Crippen LogP contribution in [0, 0.1) is 18.3 Å². The molecule has 0 N–H and O–H groups in total. The molecule has 2 aromatic heterocycles. The smallest absolute Gasteiger partial charge is 0.203 e. The molecule has 1 aliphatic heterocycles. The first-order valence-electron chi connectivity index (χ1n) is 9.92. The average molecular weight is 530 g/mol. The second kappa shape index (κ2) is 8.48. The first kappa shape index (κ1) is 21.0. The van der Waals surface area contributed by atoms with Crippen LogP contribution < -0.4 is 0 Å². The van der Waals surface area contributed by atoms with Crippen LogP contribution in [0.3, 0.4) is 0 Å². The predicted molar refractivity (Wildman–Crippen MR) is 129 cm³/mol. The first-order chi connectivity index (χ1) is 14.5. The van der Waals surface area contributed by atoms with E-state index in [0.29, 0.717) is 17.1 Å². The summed E-state index contributed by atoms with van der Waals surface area (Å²) < 4.78 is 3.03. The monoisotopic (exact) mass is 529 g/mol. The van der Waals surface area contributed by atoms with Crippen molar-refractivity contribution < 1.29 is 0 Å². The predicted octanol–water partition coefficient (Wildman–Crippen LogP) is 5.91. The maximum atomic E-state index is 9.82. The van der Waals surface area contributed by atoms with E-state index in [1.807, 2.05) is 36.5 Å². The number of rotatable bonds is 6. The Morgan fingerprint density at radius 3 is 2.80 bits per heavy atom. The van der Waals surface area contributed by atoms with Gasteiger partial charge in [0.05, 0.1) is 6.54 Å². The molecule has 0 saturated heterocycles. The maximum Gasteiger partial charge on any atom is 0.203 e. The van der Waals surface area contributed by atoms with Crippen molar-refractivity contribution in [3.8, 4) is 6.07 Å². The molecular formula is C23H21ClIN5. The molecule has 0 aliphatic carbocycles. The second-order valence-electron chi connectivity index (χ2n) is 7.45. The zero-order valence-electron chi connectivity index (χ0n) is 16.9. The highest BCUT2D eigenvalue weighted by atomic mass is 127. The second-order valence-corrected chi connectivity index (χ2v) is 9.02. The minimum absolute atomic E-state index is 0.541. The standard InChI is InChI=1S/C23H21ClIN5/c1-3-4-5-20-29-21-15(2)8-10-27-22(21)30(20)13-16-6-7-17(18(24)12-16)23(14-26)19(25)9-11-28-23/h6-12H,3-5,13H2,1-2H3. The van der Waals surface area contributed by atoms with Crippen LogP contribution in [0.4, 0.5) is 0 Å². The Balaban J connectivity index is 1.74. The van der Waals surface area contributed by atoms with E-state index in [2.05, 4.69) is 57.1 Å². The van der Waals surface area contributed by atoms with Crippen molar-refractivity contribution in [3.05, 3.63) is 67.7 Å². The fourth-order valence-corrected chi connectivity index (χ4v) is 4.80. The van der Waals surface area contributed by atoms with E-state index < -0.39 is 5.54 Å². The van der Waals surface area contributed by atoms with Crippen molar-refractivity contribution in [1.29, 1.82) is 5.26 Å². The van der Waals surface area contributed by atoms with Gasteiger partial charge in [0.15, 0.2) is 5.65 Å². The third kappa shape index (κ3) is 3.54. The van der Waals surface area contributed by atoms with Crippen molar-refractivity contribution in [2.45, 2.75) is 45.2 Å². The Labute approximate surface area is 194 Å². The zero-order valence-corrected chi connectivity index (χ0v) is 19.8. The summed E-state index contributed by atoms with van der Waals surface area (Å²) in [6.45, 7) is 4.87. The topological polar surface area (TPSA) is 66.9 Å². The molecule has 1 unspecified atom stereocenters. The van der Waals surface area contributed by atoms with Crippen molar-refractivity contribution in [2.75, 3.05) is 0 Å². The van der Waals surface area contributed by atoms with Crippen LogP contribution in [-0.2, 0) is 18.5 Å². The van der Waals surface area contributed by atoms with Gasteiger partial charge in [0.1, 0.15) is 17.4 Å². The normalized spacial score (nSPS) is 18.0. The molecule has 0 amide bonds. The molecule has 0 radical (unpaired) electrons. The molecule has 1 aromatic carbocycles. The number of imidazole rings is 1. The molecule has 3 aromatic rings. The lowest BCUT2D eigenvalue weighted by molar-refractivity contribution is 0.685. The number of pyridine rings is 1. The molecule has 5 nitrogen and oxygen atoms in total. The van der Waals surface area contributed by atoms with E-state index in [1.54, 1.807) is 6.21 Å². The highest BCUT2D eigenvalue weighted by Gasteiger charge is 2.38. The summed E-state index contributed by atoms with van der Waals surface area (Å²) in [4.78, 5) is 13.9. The van der Waals surface area contributed by atoms with Gasteiger partial charge in [-0.2, -0.15) is 5.26 Å². The van der Waals surface area contributed by atoms with Gasteiger partial charge in [0.25, 0.3) is 0 Å². The third-order valence-corrected chi connectivity index (χ3v) is 6.88. The first-order valence-corrected chi connectivity index (χ1v) is 11.4. The van der Waals surface area contributed by atoms with Gasteiger partial charge in [-0.15, -0.1) is 0 Å². The van der Waals surface area contributed by atoms with E-state index in [9.17, 15) is 5.26 Å². The number of nitriles is 1. The van der Waals surface area contributed by atoms with Crippen LogP contribution in [0.15, 0.2) is 45.1 Å². The summed E-state index contributed by atoms with van der Waals surface area (Å²) in [7, 11) is 0. The van der Waals surface area contributed by atoms with Gasteiger partial charge in [-0.05, 0) is 65.3 Å². The summed E-state index contributed by atoms with van der Waals surface area (Å²) in [5.74, 6) is 1.04. The van der Waals surface area contributed by atoms with Crippen molar-refractivity contribution in [3.63, 3.8) is 0 Å². The van der Waals surface area contributed by atoms with Crippen molar-refractivity contribution >= 4 is 51.6 Å². The van der Waals surface area contributed by atoms with E-state index in [0.717, 1.165) is 51.0 Å². The lowest BCUT2D eigenvalue weighted by Gasteiger charge is -2.21. The third-order valence-electron chi connectivity index (χ3n) is 5.43. The summed E-state index contributed by atoms with van der Waals surface area (Å²) in [5.41, 5.74) is 3.69. The van der Waals surface area contributed by atoms with Gasteiger partial charge in [-0.3, -0.25) is 4.99 Å². The number of aromatic nitrogens is 3. The minimum Gasteiger partial charge on any atom is -0.308 e. The maximum absolute atomic E-state index is 9.82. The Bertz CT molecular complexity index is 1220. The van der Waals surface area contributed by atoms with Crippen molar-refractivity contribution in [2.24, 2.45) is 4.99 Å². The van der Waals surface area contributed by atoms with E-state index in [1.165, 1.54) is 0 Å². The summed E-state index contributed by atoms with van der Waals surface area (Å²) in [5, 5.41) is 10.4. The number of hydrogen-bond donors (Lipinski definition) is 0. The Kier molecular flexibility index (Phi) is 5.94. The van der Waals surface area contributed by atoms with E-state index in [4.69, 9.17) is 16.6 Å². The van der Waals surface area contributed by atoms with Crippen molar-refractivity contribution in [1.82, 2.24) is 14.5 Å². The summed E-state index contributed by atoms with van der Waals surface area (Å²) >= 11 is 8.81. The van der Waals surface area contributed by atoms with Gasteiger partial charge in [-0.1, -0.05) is 37.1 Å². The van der Waals surface area contributed by atoms with Gasteiger partial charge in [0.2, 0.25) is 5.54 Å². The lowest BCUT2D eigenvalue weighted by atomic mass is 9.92. The number of hydrogen-bond acceptors (Lipinski definition) is 4. The molecule has 1 aliphatic rings. The minimum atomic E-state index is -1.04.